The van der Waals surface area contributed by atoms with E-state index in [2.05, 4.69) is 59.3 Å². The van der Waals surface area contributed by atoms with Crippen molar-refractivity contribution in [3.05, 3.63) is 77.8 Å². The average Bonchev–Trinajstić information content (AvgIpc) is 3.00. The Bertz CT molecular complexity index is 929. The predicted octanol–water partition coefficient (Wildman–Crippen LogP) is 6.02. The van der Waals surface area contributed by atoms with Crippen LogP contribution in [0.5, 0.6) is 0 Å². The summed E-state index contributed by atoms with van der Waals surface area (Å²) >= 11 is 1.81. The highest BCUT2D eigenvalue weighted by Crippen LogP contribution is 2.49. The number of thioether (sulfide) groups is 1. The SMILES string of the molecule is CCN1C(=CC=Nc2ccccc2)Sc2ccc3ccccc3c21. The fourth-order valence-corrected chi connectivity index (χ4v) is 4.15. The van der Waals surface area contributed by atoms with Gasteiger partial charge < -0.3 is 4.90 Å². The van der Waals surface area contributed by atoms with Crippen LogP contribution < -0.4 is 4.90 Å². The summed E-state index contributed by atoms with van der Waals surface area (Å²) in [6.07, 6.45) is 4.00. The minimum Gasteiger partial charge on any atom is -0.335 e. The summed E-state index contributed by atoms with van der Waals surface area (Å²) in [4.78, 5) is 8.21. The normalized spacial score (nSPS) is 15.5. The van der Waals surface area contributed by atoms with E-state index in [1.165, 1.54) is 26.4 Å². The molecule has 0 N–H and O–H groups in total. The van der Waals surface area contributed by atoms with Gasteiger partial charge in [0.1, 0.15) is 0 Å². The van der Waals surface area contributed by atoms with Crippen molar-refractivity contribution in [3.8, 4) is 0 Å². The number of rotatable bonds is 3. The zero-order valence-corrected chi connectivity index (χ0v) is 14.3. The Morgan fingerprint density at radius 1 is 0.958 bits per heavy atom. The molecule has 0 amide bonds. The molecule has 118 valence electrons. The van der Waals surface area contributed by atoms with E-state index >= 15 is 0 Å². The number of para-hydroxylation sites is 1. The molecule has 1 aliphatic rings. The van der Waals surface area contributed by atoms with E-state index in [9.17, 15) is 0 Å². The Balaban J connectivity index is 1.70. The molecule has 3 aromatic rings. The van der Waals surface area contributed by atoms with Crippen LogP contribution in [0.2, 0.25) is 0 Å². The molecule has 0 spiro atoms. The fraction of sp³-hybridized carbons (Fsp3) is 0.0952. The molecule has 1 heterocycles. The molecule has 0 radical (unpaired) electrons. The van der Waals surface area contributed by atoms with Crippen molar-refractivity contribution in [3.63, 3.8) is 0 Å². The van der Waals surface area contributed by atoms with Gasteiger partial charge in [0.15, 0.2) is 0 Å². The van der Waals surface area contributed by atoms with Gasteiger partial charge in [-0.05, 0) is 36.6 Å². The van der Waals surface area contributed by atoms with Gasteiger partial charge in [-0.2, -0.15) is 0 Å². The lowest BCUT2D eigenvalue weighted by molar-refractivity contribution is 1.01. The third-order valence-corrected chi connectivity index (χ3v) is 5.24. The van der Waals surface area contributed by atoms with Crippen molar-refractivity contribution in [1.82, 2.24) is 0 Å². The molecule has 3 aromatic carbocycles. The maximum atomic E-state index is 4.52. The van der Waals surface area contributed by atoms with Gasteiger partial charge in [-0.1, -0.05) is 60.3 Å². The number of hydrogen-bond donors (Lipinski definition) is 0. The summed E-state index contributed by atoms with van der Waals surface area (Å²) in [5, 5.41) is 3.82. The first kappa shape index (κ1) is 15.0. The molecule has 0 atom stereocenters. The number of hydrogen-bond acceptors (Lipinski definition) is 3. The maximum Gasteiger partial charge on any atom is 0.0817 e. The molecule has 3 heteroatoms. The topological polar surface area (TPSA) is 15.6 Å². The van der Waals surface area contributed by atoms with Crippen LogP contribution in [0.1, 0.15) is 6.92 Å². The lowest BCUT2D eigenvalue weighted by atomic mass is 10.1. The van der Waals surface area contributed by atoms with Crippen LogP contribution >= 0.6 is 11.8 Å². The second-order valence-electron chi connectivity index (χ2n) is 5.60. The zero-order chi connectivity index (χ0) is 16.4. The van der Waals surface area contributed by atoms with E-state index in [-0.39, 0.29) is 0 Å². The Hall–Kier alpha value is -2.52. The van der Waals surface area contributed by atoms with E-state index in [4.69, 9.17) is 0 Å². The van der Waals surface area contributed by atoms with Gasteiger partial charge >= 0.3 is 0 Å². The van der Waals surface area contributed by atoms with Crippen LogP contribution in [0.3, 0.4) is 0 Å². The van der Waals surface area contributed by atoms with Gasteiger partial charge in [0.05, 0.1) is 16.4 Å². The molecular weight excluding hydrogens is 312 g/mol. The van der Waals surface area contributed by atoms with E-state index in [1.807, 2.05) is 48.3 Å². The molecule has 0 unspecified atom stereocenters. The van der Waals surface area contributed by atoms with E-state index in [0.717, 1.165) is 12.2 Å². The number of allylic oxidation sites excluding steroid dienone is 1. The number of nitrogens with zero attached hydrogens (tertiary/aromatic N) is 2. The van der Waals surface area contributed by atoms with Gasteiger partial charge in [0, 0.05) is 23.0 Å². The lowest BCUT2D eigenvalue weighted by Crippen LogP contribution is -2.16. The van der Waals surface area contributed by atoms with Crippen LogP contribution in [0.15, 0.2) is 87.7 Å². The lowest BCUT2D eigenvalue weighted by Gasteiger charge is -2.19. The molecular formula is C21H18N2S. The number of benzene rings is 3. The second kappa shape index (κ2) is 6.54. The first-order chi connectivity index (χ1) is 11.9. The van der Waals surface area contributed by atoms with Gasteiger partial charge in [0.2, 0.25) is 0 Å². The first-order valence-electron chi connectivity index (χ1n) is 8.13. The Morgan fingerprint density at radius 3 is 2.58 bits per heavy atom. The second-order valence-corrected chi connectivity index (χ2v) is 6.66. The number of fused-ring (bicyclic) bond motifs is 3. The van der Waals surface area contributed by atoms with Crippen molar-refractivity contribution in [2.45, 2.75) is 11.8 Å². The van der Waals surface area contributed by atoms with Gasteiger partial charge in [-0.15, -0.1) is 0 Å². The molecule has 0 saturated carbocycles. The van der Waals surface area contributed by atoms with Crippen LogP contribution in [-0.4, -0.2) is 12.8 Å². The van der Waals surface area contributed by atoms with Crippen molar-refractivity contribution in [2.75, 3.05) is 11.4 Å². The first-order valence-corrected chi connectivity index (χ1v) is 8.95. The molecule has 2 nitrogen and oxygen atoms in total. The van der Waals surface area contributed by atoms with Gasteiger partial charge in [0.25, 0.3) is 0 Å². The monoisotopic (exact) mass is 330 g/mol. The standard InChI is InChI=1S/C21H18N2S/c1-2-23-20(14-15-22-17-9-4-3-5-10-17)24-19-13-12-16-8-6-7-11-18(16)21(19)23/h3-15H,2H2,1H3. The third kappa shape index (κ3) is 2.72. The highest BCUT2D eigenvalue weighted by atomic mass is 32.2. The minimum absolute atomic E-state index is 0.943. The van der Waals surface area contributed by atoms with Crippen molar-refractivity contribution in [1.29, 1.82) is 0 Å². The fourth-order valence-electron chi connectivity index (χ4n) is 3.01. The van der Waals surface area contributed by atoms with Crippen LogP contribution in [0.4, 0.5) is 11.4 Å². The molecule has 4 rings (SSSR count). The highest BCUT2D eigenvalue weighted by Gasteiger charge is 2.25. The molecule has 0 fully saturated rings. The number of aliphatic imine (C=N–C) groups is 1. The van der Waals surface area contributed by atoms with Crippen molar-refractivity contribution < 1.29 is 0 Å². The average molecular weight is 330 g/mol. The molecule has 0 saturated heterocycles. The predicted molar refractivity (Wildman–Crippen MR) is 106 cm³/mol. The van der Waals surface area contributed by atoms with Gasteiger partial charge in [-0.3, -0.25) is 4.99 Å². The van der Waals surface area contributed by atoms with E-state index < -0.39 is 0 Å². The zero-order valence-electron chi connectivity index (χ0n) is 13.5. The summed E-state index contributed by atoms with van der Waals surface area (Å²) in [5.74, 6) is 0. The largest absolute Gasteiger partial charge is 0.335 e. The minimum atomic E-state index is 0.943. The van der Waals surface area contributed by atoms with Crippen LogP contribution in [0.25, 0.3) is 10.8 Å². The van der Waals surface area contributed by atoms with E-state index in [0.29, 0.717) is 0 Å². The van der Waals surface area contributed by atoms with Crippen molar-refractivity contribution >= 4 is 40.1 Å². The highest BCUT2D eigenvalue weighted by molar-refractivity contribution is 8.03. The van der Waals surface area contributed by atoms with E-state index in [1.54, 1.807) is 0 Å². The molecule has 0 bridgehead atoms. The quantitative estimate of drug-likeness (QED) is 0.546. The summed E-state index contributed by atoms with van der Waals surface area (Å²) in [6.45, 7) is 3.14. The molecule has 0 aromatic heterocycles. The Kier molecular flexibility index (Phi) is 4.09. The smallest absolute Gasteiger partial charge is 0.0817 e. The summed E-state index contributed by atoms with van der Waals surface area (Å²) in [7, 11) is 0. The summed E-state index contributed by atoms with van der Waals surface area (Å²) in [5.41, 5.74) is 2.29. The third-order valence-electron chi connectivity index (χ3n) is 4.13. The van der Waals surface area contributed by atoms with Gasteiger partial charge in [-0.25, -0.2) is 0 Å². The summed E-state index contributed by atoms with van der Waals surface area (Å²) < 4.78 is 0. The van der Waals surface area contributed by atoms with Crippen molar-refractivity contribution in [2.24, 2.45) is 4.99 Å². The molecule has 24 heavy (non-hydrogen) atoms. The number of anilines is 1. The Morgan fingerprint density at radius 2 is 1.75 bits per heavy atom. The molecule has 1 aliphatic heterocycles. The van der Waals surface area contributed by atoms with Crippen LogP contribution in [0, 0.1) is 0 Å². The molecule has 0 aliphatic carbocycles. The summed E-state index contributed by atoms with van der Waals surface area (Å²) in [6, 6.07) is 23.0. The van der Waals surface area contributed by atoms with Crippen LogP contribution in [-0.2, 0) is 0 Å². The Labute approximate surface area is 146 Å². The maximum absolute atomic E-state index is 4.52.